The van der Waals surface area contributed by atoms with Gasteiger partial charge >= 0.3 is 0 Å². The molecule has 0 unspecified atom stereocenters. The van der Waals surface area contributed by atoms with Gasteiger partial charge in [-0.3, -0.25) is 14.6 Å². The third-order valence-corrected chi connectivity index (χ3v) is 4.12. The highest BCUT2D eigenvalue weighted by Crippen LogP contribution is 2.32. The first-order valence-corrected chi connectivity index (χ1v) is 7.59. The van der Waals surface area contributed by atoms with Gasteiger partial charge in [-0.15, -0.1) is 0 Å². The maximum Gasteiger partial charge on any atom is 0.279 e. The van der Waals surface area contributed by atoms with E-state index in [9.17, 15) is 4.79 Å². The van der Waals surface area contributed by atoms with Gasteiger partial charge in [-0.2, -0.15) is 0 Å². The van der Waals surface area contributed by atoms with Gasteiger partial charge in [0.05, 0.1) is 5.70 Å². The van der Waals surface area contributed by atoms with Crippen molar-refractivity contribution in [3.8, 4) is 0 Å². The standard InChI is InChI=1S/C17H17N3OS/c1-3-19-16(21)15(14-11-7-8-12-18(14)2)20(17(19)22)13-9-5-4-6-10-13/h4-12H,3H2,1-2H3/b15-14+. The van der Waals surface area contributed by atoms with E-state index in [0.29, 0.717) is 17.4 Å². The molecule has 1 saturated heterocycles. The Labute approximate surface area is 135 Å². The van der Waals surface area contributed by atoms with Gasteiger partial charge in [0.2, 0.25) is 0 Å². The van der Waals surface area contributed by atoms with Crippen molar-refractivity contribution in [3.63, 3.8) is 0 Å². The summed E-state index contributed by atoms with van der Waals surface area (Å²) < 4.78 is 0. The largest absolute Gasteiger partial charge is 0.349 e. The van der Waals surface area contributed by atoms with Crippen LogP contribution in [0.4, 0.5) is 5.69 Å². The predicted molar refractivity (Wildman–Crippen MR) is 92.0 cm³/mol. The Bertz CT molecular complexity index is 706. The summed E-state index contributed by atoms with van der Waals surface area (Å²) in [5.74, 6) is -0.0573. The summed E-state index contributed by atoms with van der Waals surface area (Å²) in [5.41, 5.74) is 2.34. The van der Waals surface area contributed by atoms with Crippen LogP contribution in [0.25, 0.3) is 0 Å². The van der Waals surface area contributed by atoms with Crippen molar-refractivity contribution >= 4 is 28.9 Å². The summed E-state index contributed by atoms with van der Waals surface area (Å²) >= 11 is 5.54. The lowest BCUT2D eigenvalue weighted by molar-refractivity contribution is -0.122. The number of nitrogens with zero attached hydrogens (tertiary/aromatic N) is 3. The quantitative estimate of drug-likeness (QED) is 0.620. The Morgan fingerprint density at radius 3 is 2.50 bits per heavy atom. The molecule has 0 radical (unpaired) electrons. The van der Waals surface area contributed by atoms with E-state index in [1.807, 2.05) is 78.5 Å². The van der Waals surface area contributed by atoms with Gasteiger partial charge in [0.15, 0.2) is 5.11 Å². The van der Waals surface area contributed by atoms with E-state index in [1.165, 1.54) is 0 Å². The molecule has 0 spiro atoms. The van der Waals surface area contributed by atoms with Gasteiger partial charge in [-0.1, -0.05) is 24.3 Å². The highest BCUT2D eigenvalue weighted by Gasteiger charge is 2.40. The Kier molecular flexibility index (Phi) is 3.81. The Hall–Kier alpha value is -2.40. The van der Waals surface area contributed by atoms with E-state index < -0.39 is 0 Å². The zero-order chi connectivity index (χ0) is 15.7. The second-order valence-electron chi connectivity index (χ2n) is 5.05. The molecule has 112 valence electrons. The predicted octanol–water partition coefficient (Wildman–Crippen LogP) is 2.87. The fourth-order valence-corrected chi connectivity index (χ4v) is 3.02. The van der Waals surface area contributed by atoms with Crippen molar-refractivity contribution < 1.29 is 4.79 Å². The molecule has 2 aliphatic heterocycles. The van der Waals surface area contributed by atoms with Crippen LogP contribution in [-0.2, 0) is 4.79 Å². The van der Waals surface area contributed by atoms with E-state index >= 15 is 0 Å². The Morgan fingerprint density at radius 1 is 1.14 bits per heavy atom. The molecule has 0 N–H and O–H groups in total. The minimum Gasteiger partial charge on any atom is -0.349 e. The lowest BCUT2D eigenvalue weighted by Gasteiger charge is -2.24. The summed E-state index contributed by atoms with van der Waals surface area (Å²) in [4.78, 5) is 18.3. The highest BCUT2D eigenvalue weighted by molar-refractivity contribution is 7.80. The van der Waals surface area contributed by atoms with Crippen LogP contribution in [0, 0.1) is 0 Å². The van der Waals surface area contributed by atoms with Crippen molar-refractivity contribution in [1.82, 2.24) is 9.80 Å². The summed E-state index contributed by atoms with van der Waals surface area (Å²) in [6, 6.07) is 9.76. The van der Waals surface area contributed by atoms with Gasteiger partial charge in [0.1, 0.15) is 5.70 Å². The molecule has 5 heteroatoms. The van der Waals surface area contributed by atoms with Crippen LogP contribution in [-0.4, -0.2) is 34.4 Å². The number of thiocarbonyl (C=S) groups is 1. The highest BCUT2D eigenvalue weighted by atomic mass is 32.1. The molecule has 1 fully saturated rings. The van der Waals surface area contributed by atoms with Gasteiger partial charge < -0.3 is 4.90 Å². The second kappa shape index (κ2) is 5.77. The average molecular weight is 311 g/mol. The summed E-state index contributed by atoms with van der Waals surface area (Å²) in [6.45, 7) is 2.49. The van der Waals surface area contributed by atoms with E-state index in [1.54, 1.807) is 4.90 Å². The monoisotopic (exact) mass is 311 g/mol. The normalized spacial score (nSPS) is 21.3. The third-order valence-electron chi connectivity index (χ3n) is 3.72. The minimum absolute atomic E-state index is 0.0573. The molecule has 0 atom stereocenters. The van der Waals surface area contributed by atoms with Crippen molar-refractivity contribution in [1.29, 1.82) is 0 Å². The van der Waals surface area contributed by atoms with Gasteiger partial charge in [0, 0.05) is 25.5 Å². The maximum atomic E-state index is 12.8. The Balaban J connectivity index is 2.18. The fourth-order valence-electron chi connectivity index (χ4n) is 2.62. The molecule has 1 amide bonds. The first-order valence-electron chi connectivity index (χ1n) is 7.18. The van der Waals surface area contributed by atoms with Crippen LogP contribution < -0.4 is 4.90 Å². The zero-order valence-corrected chi connectivity index (χ0v) is 13.4. The molecule has 2 aliphatic rings. The number of anilines is 1. The second-order valence-corrected chi connectivity index (χ2v) is 5.41. The molecular formula is C17H17N3OS. The van der Waals surface area contributed by atoms with Gasteiger partial charge in [-0.25, -0.2) is 0 Å². The van der Waals surface area contributed by atoms with Crippen LogP contribution in [0.2, 0.25) is 0 Å². The molecule has 0 aromatic heterocycles. The first-order chi connectivity index (χ1) is 10.6. The van der Waals surface area contributed by atoms with Gasteiger partial charge in [0.25, 0.3) is 5.91 Å². The van der Waals surface area contributed by atoms with Crippen molar-refractivity contribution in [2.45, 2.75) is 6.92 Å². The number of para-hydroxylation sites is 1. The molecular weight excluding hydrogens is 294 g/mol. The number of amides is 1. The minimum atomic E-state index is -0.0573. The van der Waals surface area contributed by atoms with E-state index in [0.717, 1.165) is 11.4 Å². The Morgan fingerprint density at radius 2 is 1.86 bits per heavy atom. The van der Waals surface area contributed by atoms with Crippen molar-refractivity contribution in [2.75, 3.05) is 18.5 Å². The smallest absolute Gasteiger partial charge is 0.279 e. The molecule has 4 nitrogen and oxygen atoms in total. The number of allylic oxidation sites excluding steroid dienone is 3. The molecule has 1 aromatic rings. The number of hydrogen-bond acceptors (Lipinski definition) is 3. The molecule has 3 rings (SSSR count). The molecule has 1 aromatic carbocycles. The van der Waals surface area contributed by atoms with Crippen LogP contribution in [0.3, 0.4) is 0 Å². The SMILES string of the molecule is CCN1C(=O)/C(=C2/C=CC=CN2C)N(c2ccccc2)C1=S. The van der Waals surface area contributed by atoms with E-state index in [-0.39, 0.29) is 5.91 Å². The van der Waals surface area contributed by atoms with Crippen LogP contribution >= 0.6 is 12.2 Å². The number of carbonyl (C=O) groups excluding carboxylic acids is 1. The van der Waals surface area contributed by atoms with E-state index in [4.69, 9.17) is 12.2 Å². The number of rotatable bonds is 2. The average Bonchev–Trinajstić information content (AvgIpc) is 2.79. The fraction of sp³-hybridized carbons (Fsp3) is 0.176. The van der Waals surface area contributed by atoms with Gasteiger partial charge in [-0.05, 0) is 43.4 Å². The van der Waals surface area contributed by atoms with Crippen LogP contribution in [0.15, 0.2) is 66.2 Å². The van der Waals surface area contributed by atoms with Crippen LogP contribution in [0.1, 0.15) is 6.92 Å². The zero-order valence-electron chi connectivity index (χ0n) is 12.6. The van der Waals surface area contributed by atoms with E-state index in [2.05, 4.69) is 0 Å². The maximum absolute atomic E-state index is 12.8. The molecule has 0 saturated carbocycles. The molecule has 22 heavy (non-hydrogen) atoms. The van der Waals surface area contributed by atoms with Crippen molar-refractivity contribution in [2.24, 2.45) is 0 Å². The molecule has 2 heterocycles. The lowest BCUT2D eigenvalue weighted by atomic mass is 10.2. The summed E-state index contributed by atoms with van der Waals surface area (Å²) in [7, 11) is 1.93. The number of benzene rings is 1. The number of hydrogen-bond donors (Lipinski definition) is 0. The summed E-state index contributed by atoms with van der Waals surface area (Å²) in [6.07, 6.45) is 7.73. The molecule has 0 bridgehead atoms. The third kappa shape index (κ3) is 2.23. The number of likely N-dealkylation sites (N-methyl/N-ethyl adjacent to an activating group) is 2. The lowest BCUT2D eigenvalue weighted by Crippen LogP contribution is -2.32. The molecule has 0 aliphatic carbocycles. The topological polar surface area (TPSA) is 26.8 Å². The summed E-state index contributed by atoms with van der Waals surface area (Å²) in [5, 5.41) is 0.526. The first kappa shape index (κ1) is 14.5. The number of carbonyl (C=O) groups is 1. The van der Waals surface area contributed by atoms with Crippen molar-refractivity contribution in [3.05, 3.63) is 66.2 Å². The van der Waals surface area contributed by atoms with Crippen LogP contribution in [0.5, 0.6) is 0 Å².